The van der Waals surface area contributed by atoms with Crippen LogP contribution >= 0.6 is 11.3 Å². The van der Waals surface area contributed by atoms with E-state index < -0.39 is 0 Å². The van der Waals surface area contributed by atoms with Crippen molar-refractivity contribution in [3.05, 3.63) is 86.8 Å². The second kappa shape index (κ2) is 7.68. The van der Waals surface area contributed by atoms with Gasteiger partial charge in [-0.1, -0.05) is 55.5 Å². The molecule has 0 bridgehead atoms. The lowest BCUT2D eigenvalue weighted by atomic mass is 9.97. The zero-order valence-electron chi connectivity index (χ0n) is 18.0. The normalized spacial score (nSPS) is 14.0. The molecule has 6 rings (SSSR count). The molecule has 0 aliphatic heterocycles. The molecule has 0 N–H and O–H groups in total. The van der Waals surface area contributed by atoms with E-state index >= 15 is 0 Å². The van der Waals surface area contributed by atoms with Crippen LogP contribution in [0.25, 0.3) is 31.8 Å². The molecule has 0 saturated heterocycles. The average Bonchev–Trinajstić information content (AvgIpc) is 3.21. The molecule has 3 aromatic carbocycles. The molecule has 158 valence electrons. The lowest BCUT2D eigenvalue weighted by Crippen LogP contribution is -2.22. The molecule has 0 atom stereocenters. The first-order chi connectivity index (χ1) is 15.7. The standard InChI is InChI=1S/C27H23N3OS/c1-2-24-29-26-25(21-13-7-8-14-23(21)32-26)27(31)30(24)28-16-22-19-11-5-3-9-17(19)15-18-10-4-6-12-20(18)22/h3-6,9-12,15-16H,2,7-8,13-14H2,1H3. The van der Waals surface area contributed by atoms with Gasteiger partial charge in [0.05, 0.1) is 11.6 Å². The van der Waals surface area contributed by atoms with Crippen molar-refractivity contribution >= 4 is 49.3 Å². The van der Waals surface area contributed by atoms with Crippen molar-refractivity contribution in [1.29, 1.82) is 0 Å². The van der Waals surface area contributed by atoms with E-state index in [1.165, 1.54) is 21.5 Å². The highest BCUT2D eigenvalue weighted by Gasteiger charge is 2.21. The predicted molar refractivity (Wildman–Crippen MR) is 134 cm³/mol. The molecule has 1 aliphatic carbocycles. The highest BCUT2D eigenvalue weighted by Crippen LogP contribution is 2.34. The summed E-state index contributed by atoms with van der Waals surface area (Å²) in [6, 6.07) is 18.9. The number of rotatable bonds is 3. The molecule has 0 amide bonds. The summed E-state index contributed by atoms with van der Waals surface area (Å²) >= 11 is 1.69. The number of hydrogen-bond donors (Lipinski definition) is 0. The lowest BCUT2D eigenvalue weighted by molar-refractivity contribution is 0.696. The highest BCUT2D eigenvalue weighted by atomic mass is 32.1. The Morgan fingerprint density at radius 2 is 1.72 bits per heavy atom. The van der Waals surface area contributed by atoms with Gasteiger partial charge in [-0.05, 0) is 58.9 Å². The topological polar surface area (TPSA) is 47.2 Å². The summed E-state index contributed by atoms with van der Waals surface area (Å²) in [7, 11) is 0. The average molecular weight is 438 g/mol. The van der Waals surface area contributed by atoms with E-state index in [0.29, 0.717) is 12.2 Å². The SMILES string of the molecule is CCc1nc2sc3c(c2c(=O)n1N=Cc1c2ccccc2cc2ccccc12)CCCC3. The third-order valence-corrected chi connectivity index (χ3v) is 7.65. The number of hydrogen-bond acceptors (Lipinski definition) is 4. The molecule has 0 saturated carbocycles. The summed E-state index contributed by atoms with van der Waals surface area (Å²) in [4.78, 5) is 20.7. The summed E-state index contributed by atoms with van der Waals surface area (Å²) in [5, 5.41) is 10.1. The molecule has 1 aliphatic rings. The Morgan fingerprint density at radius 3 is 2.44 bits per heavy atom. The highest BCUT2D eigenvalue weighted by molar-refractivity contribution is 7.18. The molecule has 2 heterocycles. The largest absolute Gasteiger partial charge is 0.283 e. The van der Waals surface area contributed by atoms with Crippen LogP contribution in [-0.2, 0) is 19.3 Å². The Labute approximate surface area is 189 Å². The van der Waals surface area contributed by atoms with Gasteiger partial charge in [0.2, 0.25) is 0 Å². The fourth-order valence-electron chi connectivity index (χ4n) is 4.89. The van der Waals surface area contributed by atoms with E-state index in [4.69, 9.17) is 10.1 Å². The van der Waals surface area contributed by atoms with Crippen LogP contribution in [0, 0.1) is 0 Å². The number of fused-ring (bicyclic) bond motifs is 5. The monoisotopic (exact) mass is 437 g/mol. The third kappa shape index (κ3) is 3.00. The predicted octanol–water partition coefficient (Wildman–Crippen LogP) is 6.09. The van der Waals surface area contributed by atoms with Crippen molar-refractivity contribution < 1.29 is 0 Å². The molecule has 5 aromatic rings. The molecular formula is C27H23N3OS. The van der Waals surface area contributed by atoms with Crippen LogP contribution in [0.2, 0.25) is 0 Å². The molecular weight excluding hydrogens is 414 g/mol. The van der Waals surface area contributed by atoms with E-state index in [1.54, 1.807) is 11.3 Å². The fourth-order valence-corrected chi connectivity index (χ4v) is 6.16. The number of aryl methyl sites for hydroxylation is 3. The van der Waals surface area contributed by atoms with Gasteiger partial charge in [-0.15, -0.1) is 11.3 Å². The summed E-state index contributed by atoms with van der Waals surface area (Å²) < 4.78 is 1.53. The minimum absolute atomic E-state index is 0.0351. The van der Waals surface area contributed by atoms with Crippen LogP contribution in [0.5, 0.6) is 0 Å². The Hall–Kier alpha value is -3.31. The summed E-state index contributed by atoms with van der Waals surface area (Å²) in [5.74, 6) is 0.710. The van der Waals surface area contributed by atoms with Gasteiger partial charge < -0.3 is 0 Å². The van der Waals surface area contributed by atoms with Crippen LogP contribution in [0.4, 0.5) is 0 Å². The molecule has 2 aromatic heterocycles. The van der Waals surface area contributed by atoms with Crippen LogP contribution in [0.1, 0.15) is 41.6 Å². The Bertz CT molecular complexity index is 1540. The fraction of sp³-hybridized carbons (Fsp3) is 0.222. The first-order valence-corrected chi connectivity index (χ1v) is 12.1. The Morgan fingerprint density at radius 1 is 1.03 bits per heavy atom. The maximum atomic E-state index is 13.6. The number of aromatic nitrogens is 2. The van der Waals surface area contributed by atoms with Crippen LogP contribution in [0.3, 0.4) is 0 Å². The van der Waals surface area contributed by atoms with Crippen molar-refractivity contribution in [1.82, 2.24) is 9.66 Å². The molecule has 0 fully saturated rings. The summed E-state index contributed by atoms with van der Waals surface area (Å²) in [6.07, 6.45) is 6.86. The molecule has 0 spiro atoms. The minimum Gasteiger partial charge on any atom is -0.267 e. The van der Waals surface area contributed by atoms with Crippen molar-refractivity contribution in [3.8, 4) is 0 Å². The Balaban J connectivity index is 1.60. The first kappa shape index (κ1) is 19.4. The van der Waals surface area contributed by atoms with Crippen LogP contribution in [-0.4, -0.2) is 15.9 Å². The maximum absolute atomic E-state index is 13.6. The zero-order chi connectivity index (χ0) is 21.7. The molecule has 32 heavy (non-hydrogen) atoms. The molecule has 4 nitrogen and oxygen atoms in total. The van der Waals surface area contributed by atoms with E-state index in [2.05, 4.69) is 42.5 Å². The van der Waals surface area contributed by atoms with Crippen molar-refractivity contribution in [2.45, 2.75) is 39.0 Å². The quantitative estimate of drug-likeness (QED) is 0.253. The maximum Gasteiger partial charge on any atom is 0.283 e. The molecule has 0 radical (unpaired) electrons. The Kier molecular flexibility index (Phi) is 4.65. The van der Waals surface area contributed by atoms with E-state index in [0.717, 1.165) is 56.6 Å². The van der Waals surface area contributed by atoms with Gasteiger partial charge >= 0.3 is 0 Å². The smallest absolute Gasteiger partial charge is 0.267 e. The first-order valence-electron chi connectivity index (χ1n) is 11.3. The number of nitrogens with zero attached hydrogens (tertiary/aromatic N) is 3. The number of benzene rings is 3. The van der Waals surface area contributed by atoms with Gasteiger partial charge in [0.25, 0.3) is 5.56 Å². The van der Waals surface area contributed by atoms with E-state index in [9.17, 15) is 4.79 Å². The molecule has 5 heteroatoms. The van der Waals surface area contributed by atoms with Gasteiger partial charge in [0, 0.05) is 16.9 Å². The molecule has 0 unspecified atom stereocenters. The van der Waals surface area contributed by atoms with E-state index in [1.807, 2.05) is 25.3 Å². The van der Waals surface area contributed by atoms with Crippen LogP contribution < -0.4 is 5.56 Å². The van der Waals surface area contributed by atoms with Gasteiger partial charge in [-0.2, -0.15) is 9.78 Å². The number of thiophene rings is 1. The second-order valence-corrected chi connectivity index (χ2v) is 9.45. The summed E-state index contributed by atoms with van der Waals surface area (Å²) in [6.45, 7) is 2.03. The second-order valence-electron chi connectivity index (χ2n) is 8.37. The van der Waals surface area contributed by atoms with Gasteiger partial charge in [0.1, 0.15) is 10.7 Å². The van der Waals surface area contributed by atoms with E-state index in [-0.39, 0.29) is 5.56 Å². The van der Waals surface area contributed by atoms with Crippen molar-refractivity contribution in [2.75, 3.05) is 0 Å². The van der Waals surface area contributed by atoms with Gasteiger partial charge in [-0.25, -0.2) is 4.98 Å². The van der Waals surface area contributed by atoms with Gasteiger partial charge in [-0.3, -0.25) is 4.79 Å². The third-order valence-electron chi connectivity index (χ3n) is 6.47. The van der Waals surface area contributed by atoms with Crippen molar-refractivity contribution in [3.63, 3.8) is 0 Å². The van der Waals surface area contributed by atoms with Gasteiger partial charge in [0.15, 0.2) is 0 Å². The summed E-state index contributed by atoms with van der Waals surface area (Å²) in [5.41, 5.74) is 2.20. The zero-order valence-corrected chi connectivity index (χ0v) is 18.8. The lowest BCUT2D eigenvalue weighted by Gasteiger charge is -2.11. The van der Waals surface area contributed by atoms with Crippen molar-refractivity contribution in [2.24, 2.45) is 5.10 Å². The van der Waals surface area contributed by atoms with Crippen LogP contribution in [0.15, 0.2) is 64.5 Å². The minimum atomic E-state index is -0.0351.